The summed E-state index contributed by atoms with van der Waals surface area (Å²) in [6.45, 7) is 0. The Bertz CT molecular complexity index is 399. The van der Waals surface area contributed by atoms with Crippen molar-refractivity contribution in [3.05, 3.63) is 71.8 Å². The van der Waals surface area contributed by atoms with Gasteiger partial charge in [-0.05, 0) is 25.2 Å². The van der Waals surface area contributed by atoms with Crippen LogP contribution in [0.3, 0.4) is 0 Å². The Kier molecular flexibility index (Phi) is 4.12. The van der Waals surface area contributed by atoms with Crippen molar-refractivity contribution in [1.29, 1.82) is 0 Å². The maximum Gasteiger partial charge on any atom is 0.106 e. The molecule has 0 aromatic heterocycles. The van der Waals surface area contributed by atoms with Crippen LogP contribution in [0, 0.1) is 0 Å². The third-order valence-corrected chi connectivity index (χ3v) is 4.99. The van der Waals surface area contributed by atoms with Gasteiger partial charge in [-0.2, -0.15) is 0 Å². The summed E-state index contributed by atoms with van der Waals surface area (Å²) in [5.74, 6) is 0. The van der Waals surface area contributed by atoms with E-state index >= 15 is 0 Å². The molecule has 2 aromatic rings. The maximum absolute atomic E-state index is 2.38. The highest BCUT2D eigenvalue weighted by Gasteiger charge is 2.14. The van der Waals surface area contributed by atoms with Gasteiger partial charge in [0.1, 0.15) is 9.68 Å². The number of hydrogen-bond acceptors (Lipinski definition) is 1. The van der Waals surface area contributed by atoms with Gasteiger partial charge < -0.3 is 4.57 Å². The van der Waals surface area contributed by atoms with Crippen LogP contribution in [0.2, 0.25) is 0 Å². The van der Waals surface area contributed by atoms with Gasteiger partial charge in [0.05, 0.1) is 0 Å². The monoisotopic (exact) mass is 241 g/mol. The van der Waals surface area contributed by atoms with E-state index in [4.69, 9.17) is 0 Å². The Morgan fingerprint density at radius 1 is 0.765 bits per heavy atom. The minimum absolute atomic E-state index is 0.303. The van der Waals surface area contributed by atoms with Crippen LogP contribution < -0.4 is 0 Å². The van der Waals surface area contributed by atoms with Crippen molar-refractivity contribution in [3.63, 3.8) is 0 Å². The summed E-state index contributed by atoms with van der Waals surface area (Å²) in [6.07, 6.45) is 0. The Labute approximate surface area is 106 Å². The second kappa shape index (κ2) is 5.80. The molecule has 0 heterocycles. The maximum atomic E-state index is 2.38. The topological polar surface area (TPSA) is 3.24 Å². The van der Waals surface area contributed by atoms with E-state index in [2.05, 4.69) is 79.3 Å². The lowest BCUT2D eigenvalue weighted by atomic mass is 10.0. The van der Waals surface area contributed by atoms with Gasteiger partial charge in [-0.25, -0.2) is 0 Å². The standard InChI is InChI=1S/C15H19NSi/c1-16(2)17-15(13-9-5-3-6-10-13)14-11-7-4-8-12-14/h3-12,15H,17H2,1-2H3. The molecule has 0 bridgehead atoms. The first kappa shape index (κ1) is 12.1. The van der Waals surface area contributed by atoms with Crippen LogP contribution in [0.25, 0.3) is 0 Å². The average molecular weight is 241 g/mol. The van der Waals surface area contributed by atoms with Crippen molar-refractivity contribution in [3.8, 4) is 0 Å². The SMILES string of the molecule is CN(C)[SiH2]C(c1ccccc1)c1ccccc1. The lowest BCUT2D eigenvalue weighted by Crippen LogP contribution is -2.25. The molecule has 0 saturated heterocycles. The minimum Gasteiger partial charge on any atom is -0.334 e. The highest BCUT2D eigenvalue weighted by atomic mass is 28.2. The van der Waals surface area contributed by atoms with Crippen molar-refractivity contribution in [2.75, 3.05) is 14.1 Å². The largest absolute Gasteiger partial charge is 0.334 e. The molecule has 0 aliphatic carbocycles. The molecular weight excluding hydrogens is 222 g/mol. The van der Waals surface area contributed by atoms with Crippen LogP contribution in [-0.2, 0) is 0 Å². The Morgan fingerprint density at radius 2 is 1.18 bits per heavy atom. The number of nitrogens with zero attached hydrogens (tertiary/aromatic N) is 1. The zero-order valence-electron chi connectivity index (χ0n) is 10.5. The van der Waals surface area contributed by atoms with Gasteiger partial charge in [-0.1, -0.05) is 60.7 Å². The fourth-order valence-electron chi connectivity index (χ4n) is 2.14. The average Bonchev–Trinajstić information content (AvgIpc) is 2.38. The molecule has 0 spiro atoms. The molecule has 0 atom stereocenters. The Morgan fingerprint density at radius 3 is 1.53 bits per heavy atom. The van der Waals surface area contributed by atoms with Crippen molar-refractivity contribution < 1.29 is 0 Å². The quantitative estimate of drug-likeness (QED) is 0.743. The predicted molar refractivity (Wildman–Crippen MR) is 77.0 cm³/mol. The molecule has 1 nitrogen and oxygen atoms in total. The van der Waals surface area contributed by atoms with E-state index in [1.165, 1.54) is 11.1 Å². The van der Waals surface area contributed by atoms with Crippen LogP contribution in [0.5, 0.6) is 0 Å². The lowest BCUT2D eigenvalue weighted by Gasteiger charge is -2.21. The van der Waals surface area contributed by atoms with Gasteiger partial charge in [0, 0.05) is 5.54 Å². The first-order chi connectivity index (χ1) is 8.27. The van der Waals surface area contributed by atoms with E-state index in [1.54, 1.807) is 0 Å². The number of benzene rings is 2. The Hall–Kier alpha value is -1.38. The van der Waals surface area contributed by atoms with Gasteiger partial charge in [0.2, 0.25) is 0 Å². The van der Waals surface area contributed by atoms with E-state index in [0.29, 0.717) is 5.54 Å². The van der Waals surface area contributed by atoms with E-state index in [0.717, 1.165) is 0 Å². The summed E-state index contributed by atoms with van der Waals surface area (Å²) in [4.78, 5) is 0. The van der Waals surface area contributed by atoms with Crippen LogP contribution in [0.15, 0.2) is 60.7 Å². The smallest absolute Gasteiger partial charge is 0.106 e. The molecule has 0 aliphatic heterocycles. The molecule has 88 valence electrons. The second-order valence-corrected chi connectivity index (χ2v) is 7.08. The molecule has 0 amide bonds. The van der Waals surface area contributed by atoms with E-state index < -0.39 is 0 Å². The fraction of sp³-hybridized carbons (Fsp3) is 0.200. The minimum atomic E-state index is -0.303. The van der Waals surface area contributed by atoms with Gasteiger partial charge in [0.15, 0.2) is 0 Å². The first-order valence-electron chi connectivity index (χ1n) is 6.02. The summed E-state index contributed by atoms with van der Waals surface area (Å²) in [7, 11) is 4.07. The van der Waals surface area contributed by atoms with Gasteiger partial charge in [0.25, 0.3) is 0 Å². The summed E-state index contributed by atoms with van der Waals surface area (Å²) < 4.78 is 2.38. The highest BCUT2D eigenvalue weighted by Crippen LogP contribution is 2.23. The molecule has 0 N–H and O–H groups in total. The zero-order valence-corrected chi connectivity index (χ0v) is 11.9. The summed E-state index contributed by atoms with van der Waals surface area (Å²) in [6, 6.07) is 21.7. The molecule has 0 aliphatic rings. The first-order valence-corrected chi connectivity index (χ1v) is 7.47. The summed E-state index contributed by atoms with van der Waals surface area (Å²) in [5.41, 5.74) is 3.48. The van der Waals surface area contributed by atoms with Gasteiger partial charge >= 0.3 is 0 Å². The van der Waals surface area contributed by atoms with E-state index in [-0.39, 0.29) is 9.68 Å². The normalized spacial score (nSPS) is 11.8. The molecule has 17 heavy (non-hydrogen) atoms. The summed E-state index contributed by atoms with van der Waals surface area (Å²) in [5, 5.41) is 0. The van der Waals surface area contributed by atoms with Gasteiger partial charge in [-0.3, -0.25) is 0 Å². The molecule has 0 saturated carbocycles. The van der Waals surface area contributed by atoms with Crippen LogP contribution in [0.1, 0.15) is 16.7 Å². The zero-order chi connectivity index (χ0) is 12.1. The Balaban J connectivity index is 2.32. The van der Waals surface area contributed by atoms with Crippen molar-refractivity contribution in [1.82, 2.24) is 4.57 Å². The van der Waals surface area contributed by atoms with Crippen LogP contribution in [0.4, 0.5) is 0 Å². The fourth-order valence-corrected chi connectivity index (χ4v) is 3.84. The molecule has 0 radical (unpaired) electrons. The van der Waals surface area contributed by atoms with Crippen molar-refractivity contribution in [2.24, 2.45) is 0 Å². The van der Waals surface area contributed by atoms with Gasteiger partial charge in [-0.15, -0.1) is 0 Å². The van der Waals surface area contributed by atoms with E-state index in [9.17, 15) is 0 Å². The van der Waals surface area contributed by atoms with Crippen molar-refractivity contribution >= 4 is 9.68 Å². The van der Waals surface area contributed by atoms with Crippen LogP contribution >= 0.6 is 0 Å². The molecule has 2 heteroatoms. The molecule has 2 aromatic carbocycles. The third kappa shape index (κ3) is 3.28. The molecule has 2 rings (SSSR count). The molecule has 0 unspecified atom stereocenters. The predicted octanol–water partition coefficient (Wildman–Crippen LogP) is 2.42. The molecular formula is C15H19NSi. The third-order valence-electron chi connectivity index (χ3n) is 2.95. The number of hydrogen-bond donors (Lipinski definition) is 0. The molecule has 0 fully saturated rings. The highest BCUT2D eigenvalue weighted by molar-refractivity contribution is 6.35. The second-order valence-electron chi connectivity index (χ2n) is 4.64. The van der Waals surface area contributed by atoms with E-state index in [1.807, 2.05) is 0 Å². The lowest BCUT2D eigenvalue weighted by molar-refractivity contribution is 0.649. The van der Waals surface area contributed by atoms with Crippen molar-refractivity contribution in [2.45, 2.75) is 5.54 Å². The van der Waals surface area contributed by atoms with Crippen LogP contribution in [-0.4, -0.2) is 28.3 Å². The number of rotatable bonds is 4. The summed E-state index contributed by atoms with van der Waals surface area (Å²) >= 11 is 0.